The Morgan fingerprint density at radius 3 is 2.62 bits per heavy atom. The molecule has 0 radical (unpaired) electrons. The number of likely N-dealkylation sites (tertiary alicyclic amines) is 1. The number of nitrogens with one attached hydrogen (secondary N) is 1. The SMILES string of the molecule is CC(CCNC(=O)N1CCOC(C2CCCO2)C1)N1CCCCC1. The zero-order valence-corrected chi connectivity index (χ0v) is 15.0. The van der Waals surface area contributed by atoms with Gasteiger partial charge in [-0.1, -0.05) is 6.42 Å². The summed E-state index contributed by atoms with van der Waals surface area (Å²) < 4.78 is 11.5. The van der Waals surface area contributed by atoms with Crippen molar-refractivity contribution in [2.24, 2.45) is 0 Å². The average Bonchev–Trinajstić information content (AvgIpc) is 3.17. The largest absolute Gasteiger partial charge is 0.375 e. The van der Waals surface area contributed by atoms with E-state index in [1.54, 1.807) is 0 Å². The fourth-order valence-corrected chi connectivity index (χ4v) is 4.02. The molecule has 6 heteroatoms. The maximum atomic E-state index is 12.4. The van der Waals surface area contributed by atoms with Crippen molar-refractivity contribution in [2.75, 3.05) is 45.9 Å². The molecule has 3 aliphatic rings. The predicted molar refractivity (Wildman–Crippen MR) is 93.2 cm³/mol. The van der Waals surface area contributed by atoms with Crippen LogP contribution < -0.4 is 5.32 Å². The van der Waals surface area contributed by atoms with E-state index in [0.717, 1.165) is 32.4 Å². The van der Waals surface area contributed by atoms with Gasteiger partial charge in [-0.05, 0) is 52.1 Å². The third-order valence-electron chi connectivity index (χ3n) is 5.61. The minimum atomic E-state index is 0.0410. The lowest BCUT2D eigenvalue weighted by Gasteiger charge is -2.35. The van der Waals surface area contributed by atoms with Crippen LogP contribution in [0, 0.1) is 0 Å². The van der Waals surface area contributed by atoms with E-state index in [1.807, 2.05) is 4.90 Å². The standard InChI is InChI=1S/C18H33N3O3/c1-15(20-9-3-2-4-10-20)7-8-19-18(22)21-11-13-24-17(14-21)16-6-5-12-23-16/h15-17H,2-14H2,1H3,(H,19,22). The van der Waals surface area contributed by atoms with Crippen LogP contribution in [0.25, 0.3) is 0 Å². The minimum absolute atomic E-state index is 0.0410. The molecule has 0 spiro atoms. The Morgan fingerprint density at radius 2 is 1.88 bits per heavy atom. The van der Waals surface area contributed by atoms with Crippen molar-refractivity contribution >= 4 is 6.03 Å². The van der Waals surface area contributed by atoms with Crippen molar-refractivity contribution in [3.8, 4) is 0 Å². The molecule has 2 amide bonds. The predicted octanol–water partition coefficient (Wildman–Crippen LogP) is 1.84. The Morgan fingerprint density at radius 1 is 1.08 bits per heavy atom. The molecule has 3 atom stereocenters. The molecule has 3 rings (SSSR count). The van der Waals surface area contributed by atoms with Crippen molar-refractivity contribution in [2.45, 2.75) is 63.7 Å². The normalized spacial score (nSPS) is 30.3. The van der Waals surface area contributed by atoms with Crippen molar-refractivity contribution in [1.29, 1.82) is 0 Å². The highest BCUT2D eigenvalue weighted by atomic mass is 16.5. The quantitative estimate of drug-likeness (QED) is 0.830. The number of morpholine rings is 1. The second-order valence-corrected chi connectivity index (χ2v) is 7.37. The molecule has 0 aromatic rings. The Balaban J connectivity index is 1.36. The molecule has 1 N–H and O–H groups in total. The summed E-state index contributed by atoms with van der Waals surface area (Å²) in [7, 11) is 0. The van der Waals surface area contributed by atoms with Crippen molar-refractivity contribution in [3.05, 3.63) is 0 Å². The van der Waals surface area contributed by atoms with E-state index in [9.17, 15) is 4.79 Å². The molecule has 3 saturated heterocycles. The second-order valence-electron chi connectivity index (χ2n) is 7.37. The van der Waals surface area contributed by atoms with E-state index >= 15 is 0 Å². The number of rotatable bonds is 5. The minimum Gasteiger partial charge on any atom is -0.375 e. The third-order valence-corrected chi connectivity index (χ3v) is 5.61. The van der Waals surface area contributed by atoms with Crippen molar-refractivity contribution in [3.63, 3.8) is 0 Å². The van der Waals surface area contributed by atoms with Gasteiger partial charge in [0.05, 0.1) is 19.3 Å². The number of nitrogens with zero attached hydrogens (tertiary/aromatic N) is 2. The summed E-state index contributed by atoms with van der Waals surface area (Å²) in [5.41, 5.74) is 0. The zero-order chi connectivity index (χ0) is 16.8. The van der Waals surface area contributed by atoms with E-state index in [-0.39, 0.29) is 18.2 Å². The molecule has 0 saturated carbocycles. The Kier molecular flexibility index (Phi) is 6.75. The van der Waals surface area contributed by atoms with Crippen LogP contribution in [0.3, 0.4) is 0 Å². The summed E-state index contributed by atoms with van der Waals surface area (Å²) in [4.78, 5) is 16.9. The van der Waals surface area contributed by atoms with Crippen LogP contribution in [-0.2, 0) is 9.47 Å². The molecule has 0 aromatic carbocycles. The molecular formula is C18H33N3O3. The first-order valence-corrected chi connectivity index (χ1v) is 9.74. The lowest BCUT2D eigenvalue weighted by molar-refractivity contribution is -0.0848. The van der Waals surface area contributed by atoms with Gasteiger partial charge in [0.2, 0.25) is 0 Å². The first-order valence-electron chi connectivity index (χ1n) is 9.74. The molecule has 3 heterocycles. The summed E-state index contributed by atoms with van der Waals surface area (Å²) in [5, 5.41) is 3.10. The molecule has 0 aliphatic carbocycles. The fourth-order valence-electron chi connectivity index (χ4n) is 4.02. The number of hydrogen-bond acceptors (Lipinski definition) is 4. The Hall–Kier alpha value is -0.850. The topological polar surface area (TPSA) is 54.0 Å². The number of urea groups is 1. The van der Waals surface area contributed by atoms with Gasteiger partial charge in [0, 0.05) is 25.7 Å². The first kappa shape index (κ1) is 18.0. The average molecular weight is 339 g/mol. The zero-order valence-electron chi connectivity index (χ0n) is 15.0. The van der Waals surface area contributed by atoms with Crippen LogP contribution in [0.15, 0.2) is 0 Å². The Bertz CT molecular complexity index is 395. The number of ether oxygens (including phenoxy) is 2. The van der Waals surface area contributed by atoms with Crippen LogP contribution in [-0.4, -0.2) is 80.0 Å². The van der Waals surface area contributed by atoms with Crippen LogP contribution in [0.4, 0.5) is 4.79 Å². The molecule has 0 aromatic heterocycles. The summed E-state index contributed by atoms with van der Waals surface area (Å²) in [5.74, 6) is 0. The van der Waals surface area contributed by atoms with Crippen LogP contribution >= 0.6 is 0 Å². The molecule has 6 nitrogen and oxygen atoms in total. The summed E-state index contributed by atoms with van der Waals surface area (Å²) in [6.07, 6.45) is 7.37. The van der Waals surface area contributed by atoms with E-state index in [0.29, 0.717) is 25.7 Å². The third kappa shape index (κ3) is 4.83. The Labute approximate surface area is 145 Å². The highest BCUT2D eigenvalue weighted by Crippen LogP contribution is 2.21. The molecule has 3 aliphatic heterocycles. The maximum Gasteiger partial charge on any atom is 0.317 e. The number of carbonyl (C=O) groups excluding carboxylic acids is 1. The van der Waals surface area contributed by atoms with E-state index in [4.69, 9.17) is 9.47 Å². The summed E-state index contributed by atoms with van der Waals surface area (Å²) >= 11 is 0. The number of hydrogen-bond donors (Lipinski definition) is 1. The smallest absolute Gasteiger partial charge is 0.317 e. The monoisotopic (exact) mass is 339 g/mol. The number of piperidine rings is 1. The summed E-state index contributed by atoms with van der Waals surface area (Å²) in [6, 6.07) is 0.599. The molecular weight excluding hydrogens is 306 g/mol. The fraction of sp³-hybridized carbons (Fsp3) is 0.944. The van der Waals surface area contributed by atoms with E-state index in [1.165, 1.54) is 32.4 Å². The van der Waals surface area contributed by atoms with Crippen LogP contribution in [0.2, 0.25) is 0 Å². The summed E-state index contributed by atoms with van der Waals surface area (Å²) in [6.45, 7) is 8.21. The van der Waals surface area contributed by atoms with Gasteiger partial charge in [-0.3, -0.25) is 0 Å². The molecule has 0 bridgehead atoms. The molecule has 3 fully saturated rings. The van der Waals surface area contributed by atoms with Crippen molar-refractivity contribution in [1.82, 2.24) is 15.1 Å². The lowest BCUT2D eigenvalue weighted by Crippen LogP contribution is -2.53. The lowest BCUT2D eigenvalue weighted by atomic mass is 10.1. The molecule has 3 unspecified atom stereocenters. The van der Waals surface area contributed by atoms with Gasteiger partial charge >= 0.3 is 6.03 Å². The van der Waals surface area contributed by atoms with Gasteiger partial charge in [0.1, 0.15) is 6.10 Å². The van der Waals surface area contributed by atoms with Gasteiger partial charge in [-0.15, -0.1) is 0 Å². The van der Waals surface area contributed by atoms with Gasteiger partial charge in [0.15, 0.2) is 0 Å². The molecule has 138 valence electrons. The van der Waals surface area contributed by atoms with E-state index in [2.05, 4.69) is 17.1 Å². The number of amides is 2. The van der Waals surface area contributed by atoms with Crippen molar-refractivity contribution < 1.29 is 14.3 Å². The molecule has 24 heavy (non-hydrogen) atoms. The van der Waals surface area contributed by atoms with Crippen LogP contribution in [0.5, 0.6) is 0 Å². The van der Waals surface area contributed by atoms with Gasteiger partial charge in [0.25, 0.3) is 0 Å². The first-order chi connectivity index (χ1) is 11.7. The highest BCUT2D eigenvalue weighted by Gasteiger charge is 2.32. The van der Waals surface area contributed by atoms with Gasteiger partial charge < -0.3 is 24.6 Å². The van der Waals surface area contributed by atoms with Gasteiger partial charge in [-0.25, -0.2) is 4.79 Å². The van der Waals surface area contributed by atoms with Gasteiger partial charge in [-0.2, -0.15) is 0 Å². The van der Waals surface area contributed by atoms with E-state index < -0.39 is 0 Å². The second kappa shape index (κ2) is 9.02. The highest BCUT2D eigenvalue weighted by molar-refractivity contribution is 5.74. The number of carbonyl (C=O) groups is 1. The van der Waals surface area contributed by atoms with Crippen LogP contribution in [0.1, 0.15) is 45.4 Å². The maximum absolute atomic E-state index is 12.4.